The van der Waals surface area contributed by atoms with Crippen LogP contribution in [0.5, 0.6) is 0 Å². The molecule has 2 aromatic heterocycles. The standard InChI is InChI=1S/C22H34N6OS/c1-2-10-26-13-15-27(16-14-26)11-5-9-23-20(29)18-6-4-12-28(17-18)22-25-19-7-3-8-24-21(19)30-22/h3,7-8,18H,2,4-6,9-17H2,1H3,(H,23,29). The molecule has 1 atom stereocenters. The minimum atomic E-state index is 0.0521. The molecule has 1 unspecified atom stereocenters. The molecule has 0 spiro atoms. The number of piperidine rings is 1. The van der Waals surface area contributed by atoms with Gasteiger partial charge in [-0.2, -0.15) is 0 Å². The number of hydrogen-bond donors (Lipinski definition) is 1. The number of pyridine rings is 1. The lowest BCUT2D eigenvalue weighted by atomic mass is 9.97. The molecule has 7 nitrogen and oxygen atoms in total. The highest BCUT2D eigenvalue weighted by Crippen LogP contribution is 2.30. The summed E-state index contributed by atoms with van der Waals surface area (Å²) in [4.78, 5) is 30.1. The fraction of sp³-hybridized carbons (Fsp3) is 0.682. The number of anilines is 1. The molecular formula is C22H34N6OS. The Labute approximate surface area is 183 Å². The SMILES string of the molecule is CCCN1CCN(CCCNC(=O)C2CCCN(c3nc4cccnc4s3)C2)CC1. The van der Waals surface area contributed by atoms with Crippen molar-refractivity contribution in [2.45, 2.75) is 32.6 Å². The van der Waals surface area contributed by atoms with Gasteiger partial charge in [0.2, 0.25) is 5.91 Å². The fourth-order valence-electron chi connectivity index (χ4n) is 4.47. The third-order valence-corrected chi connectivity index (χ3v) is 7.21. The van der Waals surface area contributed by atoms with E-state index < -0.39 is 0 Å². The molecule has 0 bridgehead atoms. The summed E-state index contributed by atoms with van der Waals surface area (Å²) < 4.78 is 0. The van der Waals surface area contributed by atoms with Gasteiger partial charge in [-0.25, -0.2) is 9.97 Å². The number of hydrogen-bond acceptors (Lipinski definition) is 7. The molecule has 0 aromatic carbocycles. The highest BCUT2D eigenvalue weighted by atomic mass is 32.1. The normalized spacial score (nSPS) is 21.2. The van der Waals surface area contributed by atoms with Gasteiger partial charge in [0.25, 0.3) is 0 Å². The predicted molar refractivity (Wildman–Crippen MR) is 123 cm³/mol. The second kappa shape index (κ2) is 10.5. The number of fused-ring (bicyclic) bond motifs is 1. The second-order valence-electron chi connectivity index (χ2n) is 8.44. The highest BCUT2D eigenvalue weighted by Gasteiger charge is 2.27. The van der Waals surface area contributed by atoms with Crippen molar-refractivity contribution in [1.29, 1.82) is 0 Å². The van der Waals surface area contributed by atoms with Gasteiger partial charge in [0.15, 0.2) is 5.13 Å². The van der Waals surface area contributed by atoms with Crippen molar-refractivity contribution >= 4 is 32.7 Å². The Kier molecular flexibility index (Phi) is 7.52. The Morgan fingerprint density at radius 2 is 2.00 bits per heavy atom. The summed E-state index contributed by atoms with van der Waals surface area (Å²) in [5.41, 5.74) is 0.944. The number of amides is 1. The Morgan fingerprint density at radius 1 is 1.20 bits per heavy atom. The Bertz CT molecular complexity index is 786. The summed E-state index contributed by atoms with van der Waals surface area (Å²) in [6.07, 6.45) is 6.07. The summed E-state index contributed by atoms with van der Waals surface area (Å²) >= 11 is 1.62. The van der Waals surface area contributed by atoms with Crippen LogP contribution >= 0.6 is 11.3 Å². The van der Waals surface area contributed by atoms with Crippen LogP contribution in [0, 0.1) is 5.92 Å². The van der Waals surface area contributed by atoms with E-state index in [-0.39, 0.29) is 11.8 Å². The van der Waals surface area contributed by atoms with E-state index in [0.29, 0.717) is 0 Å². The Hall–Kier alpha value is -1.77. The zero-order chi connectivity index (χ0) is 20.8. The van der Waals surface area contributed by atoms with Crippen molar-refractivity contribution in [3.8, 4) is 0 Å². The molecule has 2 aliphatic rings. The monoisotopic (exact) mass is 430 g/mol. The molecule has 4 rings (SSSR count). The van der Waals surface area contributed by atoms with Crippen LogP contribution in [-0.4, -0.2) is 84.6 Å². The van der Waals surface area contributed by atoms with Crippen molar-refractivity contribution in [3.63, 3.8) is 0 Å². The van der Waals surface area contributed by atoms with E-state index in [9.17, 15) is 4.79 Å². The molecule has 30 heavy (non-hydrogen) atoms. The molecule has 0 aliphatic carbocycles. The second-order valence-corrected chi connectivity index (χ2v) is 9.39. The lowest BCUT2D eigenvalue weighted by Gasteiger charge is -2.34. The smallest absolute Gasteiger partial charge is 0.224 e. The van der Waals surface area contributed by atoms with E-state index in [1.165, 1.54) is 26.1 Å². The molecule has 2 fully saturated rings. The van der Waals surface area contributed by atoms with E-state index in [2.05, 4.69) is 31.9 Å². The van der Waals surface area contributed by atoms with E-state index >= 15 is 0 Å². The maximum absolute atomic E-state index is 12.7. The highest BCUT2D eigenvalue weighted by molar-refractivity contribution is 7.21. The third kappa shape index (κ3) is 5.47. The summed E-state index contributed by atoms with van der Waals surface area (Å²) in [6.45, 7) is 11.7. The number of thiazole rings is 1. The van der Waals surface area contributed by atoms with E-state index in [1.54, 1.807) is 11.3 Å². The van der Waals surface area contributed by atoms with Crippen molar-refractivity contribution < 1.29 is 4.79 Å². The summed E-state index contributed by atoms with van der Waals surface area (Å²) in [5, 5.41) is 4.18. The molecule has 4 heterocycles. The van der Waals surface area contributed by atoms with Crippen LogP contribution in [-0.2, 0) is 4.79 Å². The van der Waals surface area contributed by atoms with Gasteiger partial charge in [-0.05, 0) is 50.9 Å². The first-order chi connectivity index (χ1) is 14.7. The van der Waals surface area contributed by atoms with E-state index in [1.807, 2.05) is 18.3 Å². The van der Waals surface area contributed by atoms with Crippen LogP contribution in [0.3, 0.4) is 0 Å². The lowest BCUT2D eigenvalue weighted by Crippen LogP contribution is -2.47. The number of carbonyl (C=O) groups is 1. The van der Waals surface area contributed by atoms with Crippen LogP contribution < -0.4 is 10.2 Å². The van der Waals surface area contributed by atoms with Crippen molar-refractivity contribution in [2.24, 2.45) is 5.92 Å². The van der Waals surface area contributed by atoms with Crippen molar-refractivity contribution in [3.05, 3.63) is 18.3 Å². The molecular weight excluding hydrogens is 396 g/mol. The summed E-state index contributed by atoms with van der Waals surface area (Å²) in [6, 6.07) is 3.92. The number of rotatable bonds is 8. The minimum absolute atomic E-state index is 0.0521. The maximum Gasteiger partial charge on any atom is 0.224 e. The van der Waals surface area contributed by atoms with Crippen LogP contribution in [0.1, 0.15) is 32.6 Å². The van der Waals surface area contributed by atoms with E-state index in [0.717, 1.165) is 74.0 Å². The van der Waals surface area contributed by atoms with Gasteiger partial charge in [0.1, 0.15) is 10.3 Å². The van der Waals surface area contributed by atoms with Crippen molar-refractivity contribution in [2.75, 3.05) is 63.8 Å². The van der Waals surface area contributed by atoms with Gasteiger partial charge < -0.3 is 20.0 Å². The predicted octanol–water partition coefficient (Wildman–Crippen LogP) is 2.44. The number of carbonyl (C=O) groups excluding carboxylic acids is 1. The minimum Gasteiger partial charge on any atom is -0.356 e. The van der Waals surface area contributed by atoms with Gasteiger partial charge in [0, 0.05) is 52.0 Å². The Balaban J connectivity index is 1.18. The first-order valence-electron chi connectivity index (χ1n) is 11.4. The van der Waals surface area contributed by atoms with Gasteiger partial charge in [-0.15, -0.1) is 0 Å². The molecule has 1 N–H and O–H groups in total. The average molecular weight is 431 g/mol. The Morgan fingerprint density at radius 3 is 2.77 bits per heavy atom. The number of aromatic nitrogens is 2. The molecule has 2 aliphatic heterocycles. The molecule has 0 saturated carbocycles. The first-order valence-corrected chi connectivity index (χ1v) is 12.2. The number of nitrogens with zero attached hydrogens (tertiary/aromatic N) is 5. The fourth-order valence-corrected chi connectivity index (χ4v) is 5.41. The average Bonchev–Trinajstić information content (AvgIpc) is 3.22. The van der Waals surface area contributed by atoms with Gasteiger partial charge in [-0.1, -0.05) is 18.3 Å². The molecule has 2 aromatic rings. The van der Waals surface area contributed by atoms with Gasteiger partial charge in [0.05, 0.1) is 5.92 Å². The van der Waals surface area contributed by atoms with E-state index in [4.69, 9.17) is 4.98 Å². The molecule has 0 radical (unpaired) electrons. The molecule has 8 heteroatoms. The zero-order valence-electron chi connectivity index (χ0n) is 18.1. The first kappa shape index (κ1) is 21.5. The zero-order valence-corrected chi connectivity index (χ0v) is 18.9. The van der Waals surface area contributed by atoms with Crippen LogP contribution in [0.25, 0.3) is 10.3 Å². The topological polar surface area (TPSA) is 64.6 Å². The molecule has 164 valence electrons. The molecule has 2 saturated heterocycles. The number of nitrogens with one attached hydrogen (secondary N) is 1. The van der Waals surface area contributed by atoms with Crippen LogP contribution in [0.2, 0.25) is 0 Å². The summed E-state index contributed by atoms with van der Waals surface area (Å²) in [5.74, 6) is 0.253. The lowest BCUT2D eigenvalue weighted by molar-refractivity contribution is -0.125. The van der Waals surface area contributed by atoms with Crippen LogP contribution in [0.4, 0.5) is 5.13 Å². The third-order valence-electron chi connectivity index (χ3n) is 6.17. The van der Waals surface area contributed by atoms with Gasteiger partial charge in [-0.3, -0.25) is 4.79 Å². The van der Waals surface area contributed by atoms with Gasteiger partial charge >= 0.3 is 0 Å². The maximum atomic E-state index is 12.7. The summed E-state index contributed by atoms with van der Waals surface area (Å²) in [7, 11) is 0. The van der Waals surface area contributed by atoms with Crippen LogP contribution in [0.15, 0.2) is 18.3 Å². The quantitative estimate of drug-likeness (QED) is 0.649. The largest absolute Gasteiger partial charge is 0.356 e. The number of piperazine rings is 1. The van der Waals surface area contributed by atoms with Crippen molar-refractivity contribution in [1.82, 2.24) is 25.1 Å². The molecule has 1 amide bonds.